The topological polar surface area (TPSA) is 464 Å². The maximum atomic E-state index is 14.1. The first-order valence-electron chi connectivity index (χ1n) is 37.1. The number of nitrogens with one attached hydrogen (secondary N) is 3. The van der Waals surface area contributed by atoms with E-state index in [0.717, 1.165) is 44.1 Å². The normalized spacial score (nSPS) is 15.6. The van der Waals surface area contributed by atoms with Gasteiger partial charge in [-0.1, -0.05) is 32.6 Å². The number of aliphatic hydroxyl groups is 11. The molecule has 3 amide bonds. The first-order valence-corrected chi connectivity index (χ1v) is 48.3. The molecule has 0 rings (SSSR count). The van der Waals surface area contributed by atoms with E-state index in [9.17, 15) is 59.7 Å². The Kier molecular flexibility index (Phi) is 75.8. The zero-order valence-electron chi connectivity index (χ0n) is 67.3. The van der Waals surface area contributed by atoms with Crippen molar-refractivity contribution in [3.05, 3.63) is 12.5 Å². The number of alkyl carbamates (subject to hydrolysis) is 3. The van der Waals surface area contributed by atoms with Crippen LogP contribution in [-0.2, 0) is 70.8 Å². The van der Waals surface area contributed by atoms with Crippen LogP contribution in [0.1, 0.15) is 124 Å². The number of unbranched alkanes of at least 4 members (excludes halogenated alkanes) is 4. The summed E-state index contributed by atoms with van der Waals surface area (Å²) in [5, 5.41) is 111. The van der Waals surface area contributed by atoms with Crippen molar-refractivity contribution >= 4 is 134 Å². The first-order chi connectivity index (χ1) is 52.8. The smallest absolute Gasteiger partial charge is 0.415 e. The molecule has 660 valence electrons. The van der Waals surface area contributed by atoms with Crippen molar-refractivity contribution in [2.45, 2.75) is 203 Å². The second kappa shape index (κ2) is 73.9. The zero-order chi connectivity index (χ0) is 84.2. The summed E-state index contributed by atoms with van der Waals surface area (Å²) in [4.78, 5) is 78.7. The van der Waals surface area contributed by atoms with Crippen LogP contribution in [0.15, 0.2) is 12.5 Å². The molecule has 0 aromatic rings. The third-order valence-electron chi connectivity index (χ3n) is 15.9. The molecule has 0 aromatic carbocycles. The van der Waals surface area contributed by atoms with Crippen LogP contribution in [0.25, 0.3) is 0 Å². The van der Waals surface area contributed by atoms with Gasteiger partial charge in [0.15, 0.2) is 18.9 Å². The Hall–Kier alpha value is -1.25. The van der Waals surface area contributed by atoms with Gasteiger partial charge in [-0.25, -0.2) is 24.2 Å². The van der Waals surface area contributed by atoms with Gasteiger partial charge in [0.1, 0.15) is 25.9 Å². The molecule has 111 heavy (non-hydrogen) atoms. The molecule has 0 heterocycles. The van der Waals surface area contributed by atoms with Gasteiger partial charge in [-0.3, -0.25) is 9.59 Å². The standard InChI is InChI=1S/C60H113N3O24S7.C7H18O3Si.C3H8O2S/c1-44(54(74)85-45(2)86-56(76)63-60(5,21-12-16-25-89-37-47(68)32-65)43-84-83-22-17-28-90-38-48(69)33-66)35-94-39-49(87-57(77)62-58(3,18-9-13-24-88-36-46(67)31-64)19-10-14-26-91-40-51(71)78-6)34-82-55(75)61-59(4,20-11-15-27-92-41-52(72)79-7)30-50(70)81-23-29-93-42-53(73)80-8;1-8-6-5-7-11(4,9-2)10-3;4-1-3(5)2-6/h44,46-49,51-53,64-69,71-73H,2,9-43H2,1,3-8H3,(H,61,75)(H,62,77)(H,63,76);5-7H2,1-4H3;3-6H,1-2H2. The first kappa shape index (κ1) is 114. The Morgan fingerprint density at radius 3 is 1.34 bits per heavy atom. The van der Waals surface area contributed by atoms with E-state index in [1.165, 1.54) is 91.9 Å². The van der Waals surface area contributed by atoms with E-state index in [4.69, 9.17) is 81.7 Å². The van der Waals surface area contributed by atoms with Crippen LogP contribution in [0.5, 0.6) is 0 Å². The van der Waals surface area contributed by atoms with E-state index >= 15 is 0 Å². The van der Waals surface area contributed by atoms with Crippen LogP contribution in [0.2, 0.25) is 12.6 Å². The van der Waals surface area contributed by atoms with Crippen LogP contribution in [0.4, 0.5) is 14.4 Å². The fraction of sp³-hybridized carbons (Fsp3) is 0.900. The summed E-state index contributed by atoms with van der Waals surface area (Å²) in [6.45, 7) is 11.9. The fourth-order valence-electron chi connectivity index (χ4n) is 9.03. The predicted molar refractivity (Wildman–Crippen MR) is 448 cm³/mol. The van der Waals surface area contributed by atoms with Crippen LogP contribution < -0.4 is 16.0 Å². The molecule has 0 aromatic heterocycles. The Morgan fingerprint density at radius 2 is 0.901 bits per heavy atom. The lowest BCUT2D eigenvalue weighted by Crippen LogP contribution is -2.49. The van der Waals surface area contributed by atoms with E-state index in [2.05, 4.69) is 41.7 Å². The minimum Gasteiger partial charge on any atom is -0.465 e. The highest BCUT2D eigenvalue weighted by molar-refractivity contribution is 8.00. The van der Waals surface area contributed by atoms with Crippen molar-refractivity contribution < 1.29 is 141 Å². The van der Waals surface area contributed by atoms with Gasteiger partial charge in [0.05, 0.1) is 80.9 Å². The maximum Gasteiger partial charge on any atom is 0.415 e. The lowest BCUT2D eigenvalue weighted by molar-refractivity contribution is -0.303. The van der Waals surface area contributed by atoms with Crippen LogP contribution >= 0.6 is 95.0 Å². The van der Waals surface area contributed by atoms with E-state index in [0.29, 0.717) is 127 Å². The molecule has 0 bridgehead atoms. The number of hydrogen-bond donors (Lipinski definition) is 15. The molecule has 12 unspecified atom stereocenters. The lowest BCUT2D eigenvalue weighted by atomic mass is 9.89. The highest BCUT2D eigenvalue weighted by Crippen LogP contribution is 2.27. The van der Waals surface area contributed by atoms with Crippen molar-refractivity contribution in [2.75, 3.05) is 188 Å². The number of hydrogen-bond acceptors (Lipinski definition) is 37. The predicted octanol–water partition coefficient (Wildman–Crippen LogP) is 6.16. The van der Waals surface area contributed by atoms with E-state index in [1.807, 2.05) is 6.92 Å². The monoisotopic (exact) mass is 1770 g/mol. The number of rotatable bonds is 71. The summed E-state index contributed by atoms with van der Waals surface area (Å²) >= 11 is 13.7. The van der Waals surface area contributed by atoms with E-state index in [-0.39, 0.29) is 69.9 Å². The van der Waals surface area contributed by atoms with Crippen LogP contribution in [0.3, 0.4) is 0 Å². The molecule has 0 saturated carbocycles. The number of methoxy groups -OCH3 is 4. The molecule has 32 nitrogen and oxygen atoms in total. The minimum atomic E-state index is -1.81. The van der Waals surface area contributed by atoms with Crippen molar-refractivity contribution in [2.24, 2.45) is 5.92 Å². The summed E-state index contributed by atoms with van der Waals surface area (Å²) in [6.07, 6.45) is -0.909. The molecule has 0 spiro atoms. The number of carbonyl (C=O) groups is 5. The van der Waals surface area contributed by atoms with Crippen LogP contribution in [0, 0.1) is 5.92 Å². The lowest BCUT2D eigenvalue weighted by Gasteiger charge is -2.32. The van der Waals surface area contributed by atoms with Gasteiger partial charge >= 0.3 is 38.8 Å². The molecule has 14 N–H and O–H groups in total. The Bertz CT molecular complexity index is 2270. The van der Waals surface area contributed by atoms with E-state index < -0.39 is 123 Å². The van der Waals surface area contributed by atoms with Crippen molar-refractivity contribution in [1.29, 1.82) is 0 Å². The molecular weight excluding hydrogens is 1630 g/mol. The molecule has 0 aliphatic rings. The SMILES string of the molecule is C=C(OC(=O)NC(C)(CCCCSCC(O)CO)COOCCCSCC(O)CO)OC(=O)C(C)CSCC(COC(=O)NC(C)(CCCCSCC(O)OC)CC(=O)OCCSCC(O)OC)OC(=O)NC(C)(CCCCSCC(O)CO)CCCCSCC(O)OC.COCCC[Si](C)(OC)OC.OCC(O)CS. The molecule has 12 atom stereocenters. The van der Waals surface area contributed by atoms with Crippen molar-refractivity contribution in [3.63, 3.8) is 0 Å². The van der Waals surface area contributed by atoms with Gasteiger partial charge < -0.3 is 124 Å². The molecular formula is C70H139N3O29S8Si. The second-order valence-electron chi connectivity index (χ2n) is 26.7. The molecule has 41 heteroatoms. The summed E-state index contributed by atoms with van der Waals surface area (Å²) in [7, 11) is 7.53. The summed E-state index contributed by atoms with van der Waals surface area (Å²) in [5.41, 5.74) is -2.97. The average molecular weight is 1770 g/mol. The van der Waals surface area contributed by atoms with Gasteiger partial charge in [0, 0.05) is 112 Å². The van der Waals surface area contributed by atoms with E-state index in [1.54, 1.807) is 53.9 Å². The van der Waals surface area contributed by atoms with Crippen LogP contribution in [-0.4, -0.2) is 349 Å². The summed E-state index contributed by atoms with van der Waals surface area (Å²) in [5.74, 6) is 3.57. The summed E-state index contributed by atoms with van der Waals surface area (Å²) < 4.78 is 58.2. The Morgan fingerprint density at radius 1 is 0.468 bits per heavy atom. The average Bonchev–Trinajstić information content (AvgIpc) is 0.881. The molecule has 0 radical (unpaired) electrons. The molecule has 0 saturated heterocycles. The van der Waals surface area contributed by atoms with Gasteiger partial charge in [-0.05, 0) is 133 Å². The third-order valence-corrected chi connectivity index (χ3v) is 27.4. The number of thiol groups is 1. The number of esters is 2. The van der Waals surface area contributed by atoms with Crippen molar-refractivity contribution in [3.8, 4) is 0 Å². The Balaban J connectivity index is -0.00000607. The largest absolute Gasteiger partial charge is 0.465 e. The number of aliphatic hydroxyl groups excluding tert-OH is 11. The van der Waals surface area contributed by atoms with Crippen molar-refractivity contribution in [1.82, 2.24) is 16.0 Å². The molecule has 0 aliphatic carbocycles. The number of ether oxygens (including phenoxy) is 9. The van der Waals surface area contributed by atoms with Gasteiger partial charge in [0.2, 0.25) is 0 Å². The third kappa shape index (κ3) is 69.3. The fourth-order valence-corrected chi connectivity index (χ4v) is 16.9. The number of amides is 3. The zero-order valence-corrected chi connectivity index (χ0v) is 74.9. The van der Waals surface area contributed by atoms with Gasteiger partial charge in [-0.2, -0.15) is 95.0 Å². The number of thioether (sulfide) groups is 7. The maximum absolute atomic E-state index is 14.1. The highest BCUT2D eigenvalue weighted by Gasteiger charge is 2.34. The highest BCUT2D eigenvalue weighted by atomic mass is 32.2. The quantitative estimate of drug-likeness (QED) is 0.00373. The molecule has 0 fully saturated rings. The Labute approximate surface area is 695 Å². The number of carbonyl (C=O) groups excluding carboxylic acids is 5. The van der Waals surface area contributed by atoms with Gasteiger partial charge in [0.25, 0.3) is 5.95 Å². The summed E-state index contributed by atoms with van der Waals surface area (Å²) in [6, 6.07) is 0.994. The molecule has 0 aliphatic heterocycles. The second-order valence-corrected chi connectivity index (χ2v) is 38.6. The van der Waals surface area contributed by atoms with Gasteiger partial charge in [-0.15, -0.1) is 0 Å². The minimum absolute atomic E-state index is 0.0101.